The summed E-state index contributed by atoms with van der Waals surface area (Å²) in [6, 6.07) is 13.8. The third kappa shape index (κ3) is 2.55. The van der Waals surface area contributed by atoms with Crippen molar-refractivity contribution in [1.82, 2.24) is 4.90 Å². The lowest BCUT2D eigenvalue weighted by molar-refractivity contribution is -0.154. The molecule has 0 radical (unpaired) electrons. The summed E-state index contributed by atoms with van der Waals surface area (Å²) in [5.74, 6) is -1.40. The van der Waals surface area contributed by atoms with Crippen molar-refractivity contribution < 1.29 is 23.9 Å². The van der Waals surface area contributed by atoms with Crippen molar-refractivity contribution in [3.63, 3.8) is 0 Å². The molecule has 31 heavy (non-hydrogen) atoms. The lowest BCUT2D eigenvalue weighted by atomic mass is 9.77. The van der Waals surface area contributed by atoms with Crippen molar-refractivity contribution >= 4 is 23.6 Å². The molecule has 4 atom stereocenters. The second-order valence-corrected chi connectivity index (χ2v) is 8.47. The Kier molecular flexibility index (Phi) is 4.32. The SMILES string of the molecule is CCOC(=O)[C@@H]1C2COc3ccc(C)cc3C2N2C(=O)N(c3ccccc3)C(=O)[C@@]12C. The fourth-order valence-electron chi connectivity index (χ4n) is 5.42. The van der Waals surface area contributed by atoms with E-state index in [2.05, 4.69) is 0 Å². The lowest BCUT2D eigenvalue weighted by Gasteiger charge is -2.34. The molecule has 3 amide bonds. The Hall–Kier alpha value is -3.35. The predicted octanol–water partition coefficient (Wildman–Crippen LogP) is 3.47. The number of fused-ring (bicyclic) bond motifs is 5. The van der Waals surface area contributed by atoms with Gasteiger partial charge in [0.05, 0.1) is 30.9 Å². The van der Waals surface area contributed by atoms with E-state index >= 15 is 0 Å². The Labute approximate surface area is 180 Å². The minimum Gasteiger partial charge on any atom is -0.493 e. The number of nitrogens with zero attached hydrogens (tertiary/aromatic N) is 2. The molecule has 5 rings (SSSR count). The van der Waals surface area contributed by atoms with Gasteiger partial charge in [-0.2, -0.15) is 0 Å². The number of ether oxygens (including phenoxy) is 2. The van der Waals surface area contributed by atoms with Gasteiger partial charge in [-0.05, 0) is 39.0 Å². The van der Waals surface area contributed by atoms with Gasteiger partial charge in [0.15, 0.2) is 0 Å². The summed E-state index contributed by atoms with van der Waals surface area (Å²) >= 11 is 0. The highest BCUT2D eigenvalue weighted by Crippen LogP contribution is 2.58. The van der Waals surface area contributed by atoms with Crippen LogP contribution in [0, 0.1) is 18.8 Å². The summed E-state index contributed by atoms with van der Waals surface area (Å²) in [5.41, 5.74) is 0.972. The van der Waals surface area contributed by atoms with E-state index in [9.17, 15) is 14.4 Å². The van der Waals surface area contributed by atoms with Crippen LogP contribution in [-0.2, 0) is 14.3 Å². The second kappa shape index (κ2) is 6.83. The van der Waals surface area contributed by atoms with Crippen LogP contribution in [0.4, 0.5) is 10.5 Å². The van der Waals surface area contributed by atoms with E-state index in [1.807, 2.05) is 31.2 Å². The van der Waals surface area contributed by atoms with Crippen LogP contribution in [0.1, 0.15) is 31.0 Å². The number of hydrogen-bond acceptors (Lipinski definition) is 5. The predicted molar refractivity (Wildman–Crippen MR) is 113 cm³/mol. The normalized spacial score (nSPS) is 28.7. The Morgan fingerprint density at radius 3 is 2.65 bits per heavy atom. The van der Waals surface area contributed by atoms with Gasteiger partial charge in [-0.1, -0.05) is 35.9 Å². The van der Waals surface area contributed by atoms with E-state index in [1.54, 1.807) is 43.0 Å². The molecule has 2 fully saturated rings. The number of anilines is 1. The maximum atomic E-state index is 13.8. The van der Waals surface area contributed by atoms with Crippen molar-refractivity contribution in [2.75, 3.05) is 18.1 Å². The van der Waals surface area contributed by atoms with Gasteiger partial charge >= 0.3 is 12.0 Å². The largest absolute Gasteiger partial charge is 0.493 e. The van der Waals surface area contributed by atoms with E-state index in [0.29, 0.717) is 11.4 Å². The molecule has 2 unspecified atom stereocenters. The molecule has 7 heteroatoms. The first kappa shape index (κ1) is 19.6. The summed E-state index contributed by atoms with van der Waals surface area (Å²) in [4.78, 5) is 43.4. The molecule has 0 spiro atoms. The standard InChI is InChI=1S/C24H24N2O5/c1-4-30-21(27)19-17-13-31-18-11-10-14(2)12-16(18)20(17)26-23(29)25(22(28)24(19,26)3)15-8-6-5-7-9-15/h5-12,17,19-20H,4,13H2,1-3H3/t17?,19-,20?,24+/m0/s1. The van der Waals surface area contributed by atoms with Gasteiger partial charge in [0.25, 0.3) is 5.91 Å². The minimum absolute atomic E-state index is 0.198. The fourth-order valence-corrected chi connectivity index (χ4v) is 5.42. The number of aryl methyl sites for hydroxylation is 1. The fraction of sp³-hybridized carbons (Fsp3) is 0.375. The third-order valence-electron chi connectivity index (χ3n) is 6.72. The number of rotatable bonds is 3. The molecule has 3 aliphatic rings. The molecule has 0 saturated carbocycles. The molecule has 7 nitrogen and oxygen atoms in total. The van der Waals surface area contributed by atoms with Crippen LogP contribution in [-0.4, -0.2) is 41.6 Å². The van der Waals surface area contributed by atoms with E-state index in [-0.39, 0.29) is 19.1 Å². The summed E-state index contributed by atoms with van der Waals surface area (Å²) in [5, 5.41) is 0. The summed E-state index contributed by atoms with van der Waals surface area (Å²) in [6.07, 6.45) is 0. The number of esters is 1. The quantitative estimate of drug-likeness (QED) is 0.561. The molecule has 0 aromatic heterocycles. The topological polar surface area (TPSA) is 76.2 Å². The van der Waals surface area contributed by atoms with Crippen LogP contribution >= 0.6 is 0 Å². The molecule has 0 aliphatic carbocycles. The number of carbonyl (C=O) groups is 3. The molecule has 2 saturated heterocycles. The van der Waals surface area contributed by atoms with Crippen LogP contribution in [0.25, 0.3) is 0 Å². The zero-order valence-electron chi connectivity index (χ0n) is 17.7. The van der Waals surface area contributed by atoms with Crippen molar-refractivity contribution in [3.05, 3.63) is 59.7 Å². The molecule has 0 bridgehead atoms. The molecule has 3 aliphatic heterocycles. The van der Waals surface area contributed by atoms with Gasteiger partial charge in [-0.15, -0.1) is 0 Å². The van der Waals surface area contributed by atoms with Crippen LogP contribution in [0.15, 0.2) is 48.5 Å². The molecule has 2 aromatic carbocycles. The summed E-state index contributed by atoms with van der Waals surface area (Å²) in [7, 11) is 0. The Bertz CT molecular complexity index is 1080. The van der Waals surface area contributed by atoms with Gasteiger partial charge in [0.1, 0.15) is 11.3 Å². The first-order chi connectivity index (χ1) is 14.9. The van der Waals surface area contributed by atoms with Gasteiger partial charge in [-0.3, -0.25) is 9.59 Å². The van der Waals surface area contributed by atoms with Gasteiger partial charge in [-0.25, -0.2) is 9.69 Å². The monoisotopic (exact) mass is 420 g/mol. The highest BCUT2D eigenvalue weighted by Gasteiger charge is 2.72. The van der Waals surface area contributed by atoms with Gasteiger partial charge < -0.3 is 14.4 Å². The summed E-state index contributed by atoms with van der Waals surface area (Å²) < 4.78 is 11.4. The van der Waals surface area contributed by atoms with Crippen molar-refractivity contribution in [1.29, 1.82) is 0 Å². The average Bonchev–Trinajstić information content (AvgIpc) is 3.14. The highest BCUT2D eigenvalue weighted by atomic mass is 16.5. The zero-order chi connectivity index (χ0) is 21.9. The number of para-hydroxylation sites is 1. The molecule has 2 aromatic rings. The number of hydrogen-bond donors (Lipinski definition) is 0. The maximum absolute atomic E-state index is 13.8. The highest BCUT2D eigenvalue weighted by molar-refractivity contribution is 6.24. The van der Waals surface area contributed by atoms with Crippen LogP contribution in [0.5, 0.6) is 5.75 Å². The second-order valence-electron chi connectivity index (χ2n) is 8.47. The number of carbonyl (C=O) groups excluding carboxylic acids is 3. The van der Waals surface area contributed by atoms with Gasteiger partial charge in [0.2, 0.25) is 0 Å². The van der Waals surface area contributed by atoms with Crippen molar-refractivity contribution in [3.8, 4) is 5.75 Å². The lowest BCUT2D eigenvalue weighted by Crippen LogP contribution is -2.51. The van der Waals surface area contributed by atoms with Crippen molar-refractivity contribution in [2.24, 2.45) is 11.8 Å². The number of amides is 3. The molecular formula is C24H24N2O5. The Morgan fingerprint density at radius 1 is 1.19 bits per heavy atom. The Balaban J connectivity index is 1.70. The molecule has 160 valence electrons. The van der Waals surface area contributed by atoms with Crippen LogP contribution in [0.3, 0.4) is 0 Å². The van der Waals surface area contributed by atoms with Crippen LogP contribution in [0.2, 0.25) is 0 Å². The maximum Gasteiger partial charge on any atom is 0.332 e. The van der Waals surface area contributed by atoms with Crippen LogP contribution < -0.4 is 9.64 Å². The van der Waals surface area contributed by atoms with E-state index in [4.69, 9.17) is 9.47 Å². The average molecular weight is 420 g/mol. The molecular weight excluding hydrogens is 396 g/mol. The Morgan fingerprint density at radius 2 is 1.94 bits per heavy atom. The zero-order valence-corrected chi connectivity index (χ0v) is 17.7. The smallest absolute Gasteiger partial charge is 0.332 e. The number of benzene rings is 2. The van der Waals surface area contributed by atoms with E-state index < -0.39 is 35.4 Å². The van der Waals surface area contributed by atoms with E-state index in [0.717, 1.165) is 11.1 Å². The molecule has 3 heterocycles. The number of imide groups is 1. The number of urea groups is 1. The first-order valence-electron chi connectivity index (χ1n) is 10.5. The van der Waals surface area contributed by atoms with E-state index in [1.165, 1.54) is 4.90 Å². The minimum atomic E-state index is -1.36. The van der Waals surface area contributed by atoms with Gasteiger partial charge in [0, 0.05) is 11.5 Å². The first-order valence-corrected chi connectivity index (χ1v) is 10.5. The molecule has 0 N–H and O–H groups in total. The van der Waals surface area contributed by atoms with Crippen molar-refractivity contribution in [2.45, 2.75) is 32.4 Å². The third-order valence-corrected chi connectivity index (χ3v) is 6.72. The summed E-state index contributed by atoms with van der Waals surface area (Å²) in [6.45, 7) is 5.82.